The topological polar surface area (TPSA) is 35.5 Å². The smallest absolute Gasteiger partial charge is 0.161 e. The Morgan fingerprint density at radius 2 is 2.38 bits per heavy atom. The van der Waals surface area contributed by atoms with Crippen LogP contribution in [-0.4, -0.2) is 32.2 Å². The summed E-state index contributed by atoms with van der Waals surface area (Å²) in [4.78, 5) is 11.6. The number of methoxy groups -OCH3 is 1. The molecule has 3 nitrogen and oxygen atoms in total. The van der Waals surface area contributed by atoms with Gasteiger partial charge in [0.05, 0.1) is 0 Å². The van der Waals surface area contributed by atoms with E-state index in [1.807, 2.05) is 0 Å². The van der Waals surface area contributed by atoms with Gasteiger partial charge in [0.1, 0.15) is 6.10 Å². The highest BCUT2D eigenvalue weighted by Gasteiger charge is 2.29. The molecule has 0 aromatic carbocycles. The second-order valence-corrected chi connectivity index (χ2v) is 3.62. The first-order valence-corrected chi connectivity index (χ1v) is 4.89. The van der Waals surface area contributed by atoms with E-state index in [0.29, 0.717) is 18.9 Å². The summed E-state index contributed by atoms with van der Waals surface area (Å²) >= 11 is 0. The lowest BCUT2D eigenvalue weighted by molar-refractivity contribution is -0.129. The molecule has 76 valence electrons. The van der Waals surface area contributed by atoms with Gasteiger partial charge >= 0.3 is 0 Å². The minimum absolute atomic E-state index is 0.142. The van der Waals surface area contributed by atoms with E-state index in [0.717, 1.165) is 19.4 Å². The van der Waals surface area contributed by atoms with E-state index >= 15 is 0 Å². The van der Waals surface area contributed by atoms with Gasteiger partial charge in [-0.1, -0.05) is 6.92 Å². The number of hydrogen-bond acceptors (Lipinski definition) is 3. The summed E-state index contributed by atoms with van der Waals surface area (Å²) in [7, 11) is 1.65. The van der Waals surface area contributed by atoms with Crippen molar-refractivity contribution in [3.05, 3.63) is 0 Å². The Balaban J connectivity index is 2.22. The molecule has 0 aromatic rings. The quantitative estimate of drug-likeness (QED) is 0.609. The SMILES string of the molecule is COCCCC(=O)C1OCCC1C. The summed E-state index contributed by atoms with van der Waals surface area (Å²) in [5.74, 6) is 0.636. The molecule has 1 rings (SSSR count). The van der Waals surface area contributed by atoms with Gasteiger partial charge in [0, 0.05) is 26.7 Å². The number of rotatable bonds is 5. The summed E-state index contributed by atoms with van der Waals surface area (Å²) in [6.45, 7) is 3.47. The highest BCUT2D eigenvalue weighted by Crippen LogP contribution is 2.21. The van der Waals surface area contributed by atoms with E-state index in [4.69, 9.17) is 9.47 Å². The number of Topliss-reactive ketones (excluding diaryl/α,β-unsaturated/α-hetero) is 1. The molecule has 0 N–H and O–H groups in total. The van der Waals surface area contributed by atoms with Gasteiger partial charge < -0.3 is 9.47 Å². The molecule has 2 atom stereocenters. The first-order chi connectivity index (χ1) is 6.25. The van der Waals surface area contributed by atoms with E-state index in [2.05, 4.69) is 6.92 Å². The van der Waals surface area contributed by atoms with Crippen LogP contribution < -0.4 is 0 Å². The highest BCUT2D eigenvalue weighted by molar-refractivity contribution is 5.83. The summed E-state index contributed by atoms with van der Waals surface area (Å²) in [6.07, 6.45) is 2.27. The first kappa shape index (κ1) is 10.7. The zero-order valence-corrected chi connectivity index (χ0v) is 8.41. The number of ether oxygens (including phenoxy) is 2. The Kier molecular flexibility index (Phi) is 4.39. The number of carbonyl (C=O) groups excluding carboxylic acids is 1. The fourth-order valence-electron chi connectivity index (χ4n) is 1.64. The van der Waals surface area contributed by atoms with Gasteiger partial charge in [-0.2, -0.15) is 0 Å². The van der Waals surface area contributed by atoms with Crippen molar-refractivity contribution in [3.63, 3.8) is 0 Å². The second-order valence-electron chi connectivity index (χ2n) is 3.62. The van der Waals surface area contributed by atoms with Crippen molar-refractivity contribution in [1.82, 2.24) is 0 Å². The van der Waals surface area contributed by atoms with E-state index in [9.17, 15) is 4.79 Å². The molecule has 0 radical (unpaired) electrons. The molecule has 1 fully saturated rings. The van der Waals surface area contributed by atoms with Crippen molar-refractivity contribution in [2.45, 2.75) is 32.3 Å². The number of carbonyl (C=O) groups is 1. The van der Waals surface area contributed by atoms with Gasteiger partial charge in [-0.3, -0.25) is 4.79 Å². The second kappa shape index (κ2) is 5.35. The Bertz CT molecular complexity index is 168. The minimum atomic E-state index is -0.142. The third kappa shape index (κ3) is 3.08. The first-order valence-electron chi connectivity index (χ1n) is 4.89. The molecule has 0 amide bonds. The average molecular weight is 186 g/mol. The fourth-order valence-corrected chi connectivity index (χ4v) is 1.64. The summed E-state index contributed by atoms with van der Waals surface area (Å²) in [6, 6.07) is 0. The van der Waals surface area contributed by atoms with Crippen molar-refractivity contribution >= 4 is 5.78 Å². The monoisotopic (exact) mass is 186 g/mol. The number of hydrogen-bond donors (Lipinski definition) is 0. The standard InChI is InChI=1S/C10H18O3/c1-8-5-7-13-10(8)9(11)4-3-6-12-2/h8,10H,3-7H2,1-2H3. The third-order valence-corrected chi connectivity index (χ3v) is 2.48. The van der Waals surface area contributed by atoms with Crippen LogP contribution in [0.2, 0.25) is 0 Å². The van der Waals surface area contributed by atoms with Crippen LogP contribution in [0.25, 0.3) is 0 Å². The Labute approximate surface area is 79.4 Å². The third-order valence-electron chi connectivity index (χ3n) is 2.48. The van der Waals surface area contributed by atoms with Crippen molar-refractivity contribution < 1.29 is 14.3 Å². The molecule has 1 aliphatic rings. The predicted molar refractivity (Wildman–Crippen MR) is 49.6 cm³/mol. The lowest BCUT2D eigenvalue weighted by atomic mass is 9.98. The zero-order valence-electron chi connectivity index (χ0n) is 8.41. The van der Waals surface area contributed by atoms with E-state index in [-0.39, 0.29) is 11.9 Å². The molecule has 13 heavy (non-hydrogen) atoms. The molecule has 0 aliphatic carbocycles. The van der Waals surface area contributed by atoms with E-state index in [1.54, 1.807) is 7.11 Å². The molecule has 2 unspecified atom stereocenters. The molecule has 0 spiro atoms. The van der Waals surface area contributed by atoms with E-state index < -0.39 is 0 Å². The largest absolute Gasteiger partial charge is 0.385 e. The molecule has 1 saturated heterocycles. The molecular weight excluding hydrogens is 168 g/mol. The minimum Gasteiger partial charge on any atom is -0.385 e. The van der Waals surface area contributed by atoms with Crippen LogP contribution in [0.1, 0.15) is 26.2 Å². The molecule has 0 saturated carbocycles. The van der Waals surface area contributed by atoms with Gasteiger partial charge in [-0.05, 0) is 18.8 Å². The van der Waals surface area contributed by atoms with Crippen LogP contribution >= 0.6 is 0 Å². The average Bonchev–Trinajstić information content (AvgIpc) is 2.52. The van der Waals surface area contributed by atoms with Gasteiger partial charge in [-0.15, -0.1) is 0 Å². The highest BCUT2D eigenvalue weighted by atomic mass is 16.5. The zero-order chi connectivity index (χ0) is 9.68. The summed E-state index contributed by atoms with van der Waals surface area (Å²) < 4.78 is 10.3. The van der Waals surface area contributed by atoms with Crippen molar-refractivity contribution in [2.24, 2.45) is 5.92 Å². The van der Waals surface area contributed by atoms with Crippen LogP contribution in [0.3, 0.4) is 0 Å². The van der Waals surface area contributed by atoms with Crippen molar-refractivity contribution in [3.8, 4) is 0 Å². The van der Waals surface area contributed by atoms with E-state index in [1.165, 1.54) is 0 Å². The van der Waals surface area contributed by atoms with Gasteiger partial charge in [-0.25, -0.2) is 0 Å². The van der Waals surface area contributed by atoms with Gasteiger partial charge in [0.25, 0.3) is 0 Å². The maximum absolute atomic E-state index is 11.6. The van der Waals surface area contributed by atoms with Crippen molar-refractivity contribution in [1.29, 1.82) is 0 Å². The molecule has 1 heterocycles. The van der Waals surface area contributed by atoms with Crippen LogP contribution in [0.4, 0.5) is 0 Å². The molecular formula is C10H18O3. The van der Waals surface area contributed by atoms with Crippen molar-refractivity contribution in [2.75, 3.05) is 20.3 Å². The molecule has 1 aliphatic heterocycles. The van der Waals surface area contributed by atoms with Crippen LogP contribution in [0, 0.1) is 5.92 Å². The Morgan fingerprint density at radius 1 is 1.62 bits per heavy atom. The molecule has 0 aromatic heterocycles. The van der Waals surface area contributed by atoms with Gasteiger partial charge in [0.2, 0.25) is 0 Å². The Morgan fingerprint density at radius 3 is 2.92 bits per heavy atom. The van der Waals surface area contributed by atoms with Crippen LogP contribution in [-0.2, 0) is 14.3 Å². The fraction of sp³-hybridized carbons (Fsp3) is 0.900. The van der Waals surface area contributed by atoms with Crippen LogP contribution in [0.5, 0.6) is 0 Å². The maximum atomic E-state index is 11.6. The number of ketones is 1. The summed E-state index contributed by atoms with van der Waals surface area (Å²) in [5, 5.41) is 0. The lowest BCUT2D eigenvalue weighted by Crippen LogP contribution is -2.25. The molecule has 0 bridgehead atoms. The normalized spacial score (nSPS) is 27.8. The van der Waals surface area contributed by atoms with Gasteiger partial charge in [0.15, 0.2) is 5.78 Å². The predicted octanol–water partition coefficient (Wildman–Crippen LogP) is 1.41. The maximum Gasteiger partial charge on any atom is 0.161 e. The Hall–Kier alpha value is -0.410. The van der Waals surface area contributed by atoms with Crippen LogP contribution in [0.15, 0.2) is 0 Å². The molecule has 3 heteroatoms. The lowest BCUT2D eigenvalue weighted by Gasteiger charge is -2.12. The summed E-state index contributed by atoms with van der Waals surface area (Å²) in [5.41, 5.74) is 0.